The van der Waals surface area contributed by atoms with Crippen LogP contribution in [-0.2, 0) is 16.0 Å². The SMILES string of the molecule is COc1cccc(F)c1Cc1c2nc3ccc(N4CCN(C)CC4)cc3c1OC(=O)/C=C(/N)C(=O)O2. The molecule has 1 saturated heterocycles. The number of likely N-dealkylation sites (N-methyl/N-ethyl adjacent to an activating group) is 1. The lowest BCUT2D eigenvalue weighted by atomic mass is 10.0. The molecule has 2 aliphatic rings. The summed E-state index contributed by atoms with van der Waals surface area (Å²) >= 11 is 0. The molecule has 0 saturated carbocycles. The normalized spacial score (nSPS) is 18.0. The zero-order valence-electron chi connectivity index (χ0n) is 19.9. The summed E-state index contributed by atoms with van der Waals surface area (Å²) in [5.74, 6) is -2.03. The molecule has 0 radical (unpaired) electrons. The molecule has 2 bridgehead atoms. The minimum Gasteiger partial charge on any atom is -0.496 e. The monoisotopic (exact) mass is 492 g/mol. The Morgan fingerprint density at radius 1 is 1.08 bits per heavy atom. The van der Waals surface area contributed by atoms with Gasteiger partial charge in [0.15, 0.2) is 0 Å². The fourth-order valence-electron chi connectivity index (χ4n) is 4.40. The summed E-state index contributed by atoms with van der Waals surface area (Å²) < 4.78 is 31.4. The summed E-state index contributed by atoms with van der Waals surface area (Å²) in [7, 11) is 3.51. The molecule has 2 N–H and O–H groups in total. The third-order valence-corrected chi connectivity index (χ3v) is 6.40. The Morgan fingerprint density at radius 2 is 1.86 bits per heavy atom. The maximum absolute atomic E-state index is 14.9. The second kappa shape index (κ2) is 9.46. The highest BCUT2D eigenvalue weighted by atomic mass is 19.1. The van der Waals surface area contributed by atoms with Crippen LogP contribution in [0, 0.1) is 5.82 Å². The van der Waals surface area contributed by atoms with E-state index in [1.807, 2.05) is 12.1 Å². The Kier molecular flexibility index (Phi) is 6.19. The number of anilines is 1. The van der Waals surface area contributed by atoms with Gasteiger partial charge < -0.3 is 29.7 Å². The maximum Gasteiger partial charge on any atom is 0.361 e. The van der Waals surface area contributed by atoms with Crippen LogP contribution in [0.4, 0.5) is 10.1 Å². The average Bonchev–Trinajstić information content (AvgIpc) is 2.88. The van der Waals surface area contributed by atoms with Crippen LogP contribution in [-0.4, -0.2) is 62.2 Å². The molecule has 10 heteroatoms. The Hall–Kier alpha value is -4.18. The lowest BCUT2D eigenvalue weighted by Crippen LogP contribution is -2.44. The van der Waals surface area contributed by atoms with Gasteiger partial charge in [0.2, 0.25) is 5.88 Å². The van der Waals surface area contributed by atoms with Crippen LogP contribution in [0.1, 0.15) is 11.1 Å². The zero-order chi connectivity index (χ0) is 25.4. The van der Waals surface area contributed by atoms with Crippen molar-refractivity contribution in [3.8, 4) is 17.4 Å². The molecule has 0 amide bonds. The third-order valence-electron chi connectivity index (χ3n) is 6.40. The molecular formula is C26H25FN4O5. The molecule has 0 unspecified atom stereocenters. The molecule has 1 fully saturated rings. The van der Waals surface area contributed by atoms with E-state index in [0.29, 0.717) is 16.7 Å². The van der Waals surface area contributed by atoms with E-state index in [4.69, 9.17) is 19.9 Å². The number of carbonyl (C=O) groups excluding carboxylic acids is 2. The molecule has 36 heavy (non-hydrogen) atoms. The van der Waals surface area contributed by atoms with Gasteiger partial charge in [-0.1, -0.05) is 6.07 Å². The number of carbonyl (C=O) groups is 2. The zero-order valence-corrected chi connectivity index (χ0v) is 19.9. The summed E-state index contributed by atoms with van der Waals surface area (Å²) in [5.41, 5.74) is 7.09. The van der Waals surface area contributed by atoms with Crippen LogP contribution >= 0.6 is 0 Å². The number of piperazine rings is 1. The Morgan fingerprint density at radius 3 is 2.61 bits per heavy atom. The standard InChI is InChI=1S/C26H25FN4O5/c1-30-8-10-31(11-9-30)15-6-7-21-17(12-15)24-18(13-16-19(27)4-3-5-22(16)34-2)25(29-21)36-26(33)20(28)14-23(32)35-24/h3-7,12,14H,8-11,13,28H2,1-2H3/b20-14+. The van der Waals surface area contributed by atoms with Crippen molar-refractivity contribution in [3.05, 3.63) is 65.1 Å². The van der Waals surface area contributed by atoms with Gasteiger partial charge in [-0.2, -0.15) is 0 Å². The predicted molar refractivity (Wildman–Crippen MR) is 131 cm³/mol. The van der Waals surface area contributed by atoms with E-state index in [1.54, 1.807) is 12.1 Å². The first kappa shape index (κ1) is 23.6. The van der Waals surface area contributed by atoms with Crippen LogP contribution in [0.2, 0.25) is 0 Å². The summed E-state index contributed by atoms with van der Waals surface area (Å²) in [5, 5.41) is 0.527. The van der Waals surface area contributed by atoms with Crippen molar-refractivity contribution >= 4 is 28.5 Å². The van der Waals surface area contributed by atoms with Gasteiger partial charge in [0, 0.05) is 49.2 Å². The summed E-state index contributed by atoms with van der Waals surface area (Å²) in [6, 6.07) is 10.0. The van der Waals surface area contributed by atoms with E-state index in [1.165, 1.54) is 19.2 Å². The van der Waals surface area contributed by atoms with E-state index in [9.17, 15) is 14.0 Å². The number of halogens is 1. The van der Waals surface area contributed by atoms with Gasteiger partial charge in [0.1, 0.15) is 23.0 Å². The Bertz CT molecular complexity index is 1400. The molecule has 0 aliphatic carbocycles. The molecule has 2 aromatic carbocycles. The van der Waals surface area contributed by atoms with Crippen molar-refractivity contribution in [2.45, 2.75) is 6.42 Å². The topological polar surface area (TPSA) is 107 Å². The number of nitrogens with two attached hydrogens (primary N) is 1. The summed E-state index contributed by atoms with van der Waals surface area (Å²) in [6.07, 6.45) is 0.755. The molecular weight excluding hydrogens is 467 g/mol. The van der Waals surface area contributed by atoms with E-state index in [0.717, 1.165) is 37.9 Å². The van der Waals surface area contributed by atoms with E-state index < -0.39 is 23.5 Å². The fourth-order valence-corrected chi connectivity index (χ4v) is 4.40. The van der Waals surface area contributed by atoms with Gasteiger partial charge in [-0.3, -0.25) is 0 Å². The summed E-state index contributed by atoms with van der Waals surface area (Å²) in [6.45, 7) is 3.49. The van der Waals surface area contributed by atoms with Crippen molar-refractivity contribution in [1.82, 2.24) is 9.88 Å². The van der Waals surface area contributed by atoms with Gasteiger partial charge in [-0.15, -0.1) is 0 Å². The second-order valence-electron chi connectivity index (χ2n) is 8.72. The fraction of sp³-hybridized carbons (Fsp3) is 0.269. The minimum atomic E-state index is -0.956. The van der Waals surface area contributed by atoms with Gasteiger partial charge in [0.25, 0.3) is 0 Å². The summed E-state index contributed by atoms with van der Waals surface area (Å²) in [4.78, 5) is 34.2. The maximum atomic E-state index is 14.9. The van der Waals surface area contributed by atoms with E-state index >= 15 is 0 Å². The highest BCUT2D eigenvalue weighted by Gasteiger charge is 2.27. The predicted octanol–water partition coefficient (Wildman–Crippen LogP) is 2.39. The second-order valence-corrected chi connectivity index (χ2v) is 8.72. The van der Waals surface area contributed by atoms with Crippen LogP contribution in [0.3, 0.4) is 0 Å². The molecule has 1 aromatic heterocycles. The van der Waals surface area contributed by atoms with Crippen molar-refractivity contribution in [2.24, 2.45) is 5.73 Å². The number of rotatable bonds is 4. The first-order valence-corrected chi connectivity index (χ1v) is 11.5. The van der Waals surface area contributed by atoms with E-state index in [-0.39, 0.29) is 29.2 Å². The van der Waals surface area contributed by atoms with Crippen molar-refractivity contribution in [1.29, 1.82) is 0 Å². The number of hydrogen-bond acceptors (Lipinski definition) is 9. The number of methoxy groups -OCH3 is 1. The molecule has 186 valence electrons. The molecule has 0 spiro atoms. The van der Waals surface area contributed by atoms with Crippen LogP contribution in [0.15, 0.2) is 48.2 Å². The molecule has 5 rings (SSSR count). The number of hydrogen-bond donors (Lipinski definition) is 1. The molecule has 9 nitrogen and oxygen atoms in total. The van der Waals surface area contributed by atoms with Crippen molar-refractivity contribution in [3.63, 3.8) is 0 Å². The number of fused-ring (bicyclic) bond motifs is 4. The first-order valence-electron chi connectivity index (χ1n) is 11.5. The van der Waals surface area contributed by atoms with Crippen LogP contribution in [0.25, 0.3) is 10.9 Å². The molecule has 3 aromatic rings. The quantitative estimate of drug-likeness (QED) is 0.550. The highest BCUT2D eigenvalue weighted by Crippen LogP contribution is 2.40. The van der Waals surface area contributed by atoms with Crippen molar-refractivity contribution < 1.29 is 28.2 Å². The van der Waals surface area contributed by atoms with Gasteiger partial charge in [-0.25, -0.2) is 19.0 Å². The molecule has 0 atom stereocenters. The highest BCUT2D eigenvalue weighted by molar-refractivity contribution is 6.00. The number of benzene rings is 2. The largest absolute Gasteiger partial charge is 0.496 e. The van der Waals surface area contributed by atoms with Gasteiger partial charge >= 0.3 is 11.9 Å². The number of nitrogens with zero attached hydrogens (tertiary/aromatic N) is 3. The van der Waals surface area contributed by atoms with Crippen molar-refractivity contribution in [2.75, 3.05) is 45.2 Å². The average molecular weight is 493 g/mol. The lowest BCUT2D eigenvalue weighted by molar-refractivity contribution is -0.132. The Balaban J connectivity index is 1.71. The number of ether oxygens (including phenoxy) is 3. The van der Waals surface area contributed by atoms with Crippen LogP contribution in [0.5, 0.6) is 17.4 Å². The third kappa shape index (κ3) is 4.42. The van der Waals surface area contributed by atoms with Gasteiger partial charge in [0.05, 0.1) is 24.3 Å². The number of aromatic nitrogens is 1. The van der Waals surface area contributed by atoms with Crippen LogP contribution < -0.4 is 24.8 Å². The first-order chi connectivity index (χ1) is 17.3. The lowest BCUT2D eigenvalue weighted by Gasteiger charge is -2.34. The Labute approximate surface area is 206 Å². The number of esters is 2. The molecule has 2 aliphatic heterocycles. The van der Waals surface area contributed by atoms with Gasteiger partial charge in [-0.05, 0) is 37.4 Å². The minimum absolute atomic E-state index is 0.108. The van der Waals surface area contributed by atoms with E-state index in [2.05, 4.69) is 21.8 Å². The molecule has 3 heterocycles. The smallest absolute Gasteiger partial charge is 0.361 e. The number of pyridine rings is 1.